The summed E-state index contributed by atoms with van der Waals surface area (Å²) in [4.78, 5) is 38.0. The zero-order chi connectivity index (χ0) is 25.3. The van der Waals surface area contributed by atoms with Gasteiger partial charge in [-0.2, -0.15) is 4.98 Å². The van der Waals surface area contributed by atoms with Crippen LogP contribution < -0.4 is 9.64 Å². The van der Waals surface area contributed by atoms with Crippen LogP contribution in [0, 0.1) is 0 Å². The molecule has 1 aliphatic heterocycles. The molecule has 0 radical (unpaired) electrons. The normalized spacial score (nSPS) is 14.0. The van der Waals surface area contributed by atoms with Crippen LogP contribution in [0.5, 0.6) is 5.75 Å². The van der Waals surface area contributed by atoms with Crippen LogP contribution in [0.3, 0.4) is 0 Å². The highest BCUT2D eigenvalue weighted by Crippen LogP contribution is 2.22. The Morgan fingerprint density at radius 1 is 1.12 bits per heavy atom. The summed E-state index contributed by atoms with van der Waals surface area (Å²) in [6.45, 7) is 7.27. The first-order chi connectivity index (χ1) is 16.1. The quantitative estimate of drug-likeness (QED) is 0.473. The number of nitrogens with zero attached hydrogens (tertiary/aromatic N) is 4. The van der Waals surface area contributed by atoms with Crippen LogP contribution in [0.2, 0.25) is 0 Å². The van der Waals surface area contributed by atoms with Gasteiger partial charge in [-0.1, -0.05) is 19.0 Å². The maximum atomic E-state index is 10.9. The molecule has 0 atom stereocenters. The topological polar surface area (TPSA) is 167 Å². The molecule has 12 nitrogen and oxygen atoms in total. The minimum Gasteiger partial charge on any atom is -0.492 e. The number of aromatic nitrogens is 2. The lowest BCUT2D eigenvalue weighted by Crippen LogP contribution is -2.44. The molecule has 0 saturated carbocycles. The molecule has 186 valence electrons. The summed E-state index contributed by atoms with van der Waals surface area (Å²) in [5, 5.41) is 27.7. The predicted molar refractivity (Wildman–Crippen MR) is 120 cm³/mol. The van der Waals surface area contributed by atoms with E-state index < -0.39 is 17.9 Å². The third-order valence-corrected chi connectivity index (χ3v) is 5.30. The Bertz CT molecular complexity index is 940. The molecule has 1 saturated heterocycles. The average Bonchev–Trinajstić information content (AvgIpc) is 3.30. The van der Waals surface area contributed by atoms with Crippen LogP contribution in [0.25, 0.3) is 0 Å². The molecule has 3 N–H and O–H groups in total. The molecule has 34 heavy (non-hydrogen) atoms. The third-order valence-electron chi connectivity index (χ3n) is 5.30. The van der Waals surface area contributed by atoms with E-state index in [9.17, 15) is 4.79 Å². The van der Waals surface area contributed by atoms with Gasteiger partial charge >= 0.3 is 23.9 Å². The number of rotatable bonds is 8. The number of aromatic carboxylic acids is 1. The number of hydrogen-bond acceptors (Lipinski definition) is 9. The Hall–Kier alpha value is -3.67. The number of hydrogen-bond donors (Lipinski definition) is 3. The molecule has 1 aromatic carbocycles. The Labute approximate surface area is 196 Å². The van der Waals surface area contributed by atoms with Crippen molar-refractivity contribution in [1.82, 2.24) is 15.0 Å². The Kier molecular flexibility index (Phi) is 9.80. The number of likely N-dealkylation sites (N-methyl/N-ethyl adjacent to an activating group) is 1. The van der Waals surface area contributed by atoms with Crippen molar-refractivity contribution in [3.05, 3.63) is 35.7 Å². The molecule has 3 rings (SSSR count). The standard InChI is InChI=1S/C20H28N4O4.C2H2O4/c1-14(2)18-21-20(28-22-18)24-10-8-16(9-11-24)23(3)12-13-27-17-6-4-15(5-7-17)19(25)26;3-1(4)2(5)6/h4-7,14,16H,8-13H2,1-3H3,(H,25,26);(H,3,4)(H,5,6). The summed E-state index contributed by atoms with van der Waals surface area (Å²) in [5.41, 5.74) is 0.262. The fourth-order valence-electron chi connectivity index (χ4n) is 3.27. The van der Waals surface area contributed by atoms with E-state index in [4.69, 9.17) is 34.2 Å². The van der Waals surface area contributed by atoms with E-state index in [0.29, 0.717) is 24.4 Å². The average molecular weight is 479 g/mol. The zero-order valence-electron chi connectivity index (χ0n) is 19.4. The monoisotopic (exact) mass is 478 g/mol. The van der Waals surface area contributed by atoms with Gasteiger partial charge in [0, 0.05) is 31.6 Å². The summed E-state index contributed by atoms with van der Waals surface area (Å²) in [6, 6.07) is 7.61. The van der Waals surface area contributed by atoms with Crippen molar-refractivity contribution in [2.75, 3.05) is 38.2 Å². The fourth-order valence-corrected chi connectivity index (χ4v) is 3.27. The molecule has 1 aromatic heterocycles. The van der Waals surface area contributed by atoms with E-state index >= 15 is 0 Å². The molecule has 1 aliphatic rings. The minimum absolute atomic E-state index is 0.262. The molecule has 0 aliphatic carbocycles. The summed E-state index contributed by atoms with van der Waals surface area (Å²) < 4.78 is 11.1. The minimum atomic E-state index is -1.82. The van der Waals surface area contributed by atoms with Gasteiger partial charge in [-0.25, -0.2) is 14.4 Å². The van der Waals surface area contributed by atoms with Crippen molar-refractivity contribution in [3.63, 3.8) is 0 Å². The Morgan fingerprint density at radius 3 is 2.18 bits per heavy atom. The van der Waals surface area contributed by atoms with Gasteiger partial charge < -0.3 is 29.5 Å². The van der Waals surface area contributed by atoms with Crippen LogP contribution in [-0.4, -0.2) is 87.6 Å². The van der Waals surface area contributed by atoms with Crippen molar-refractivity contribution in [2.45, 2.75) is 38.6 Å². The summed E-state index contributed by atoms with van der Waals surface area (Å²) in [5.74, 6) is -2.88. The first-order valence-corrected chi connectivity index (χ1v) is 10.8. The van der Waals surface area contributed by atoms with Gasteiger partial charge in [0.1, 0.15) is 12.4 Å². The number of carbonyl (C=O) groups is 3. The van der Waals surface area contributed by atoms with Gasteiger partial charge in [0.25, 0.3) is 0 Å². The highest BCUT2D eigenvalue weighted by molar-refractivity contribution is 6.27. The number of carboxylic acid groups (broad SMARTS) is 3. The van der Waals surface area contributed by atoms with Gasteiger partial charge in [0.2, 0.25) is 0 Å². The molecule has 0 unspecified atom stereocenters. The van der Waals surface area contributed by atoms with Crippen molar-refractivity contribution in [2.24, 2.45) is 0 Å². The smallest absolute Gasteiger partial charge is 0.414 e. The first kappa shape index (κ1) is 26.6. The van der Waals surface area contributed by atoms with Crippen LogP contribution in [0.1, 0.15) is 48.8 Å². The van der Waals surface area contributed by atoms with Crippen molar-refractivity contribution >= 4 is 23.9 Å². The highest BCUT2D eigenvalue weighted by atomic mass is 16.5. The SMILES string of the molecule is CC(C)c1noc(N2CCC(N(C)CCOc3ccc(C(=O)O)cc3)CC2)n1.O=C(O)C(=O)O. The van der Waals surface area contributed by atoms with E-state index in [0.717, 1.165) is 38.3 Å². The molecular formula is C22H30N4O8. The van der Waals surface area contributed by atoms with Gasteiger partial charge in [-0.3, -0.25) is 4.90 Å². The van der Waals surface area contributed by atoms with Crippen LogP contribution in [0.15, 0.2) is 28.8 Å². The second kappa shape index (κ2) is 12.5. The first-order valence-electron chi connectivity index (χ1n) is 10.8. The van der Waals surface area contributed by atoms with E-state index in [2.05, 4.69) is 40.8 Å². The summed E-state index contributed by atoms with van der Waals surface area (Å²) >= 11 is 0. The molecule has 1 fully saturated rings. The second-order valence-corrected chi connectivity index (χ2v) is 8.08. The van der Waals surface area contributed by atoms with Gasteiger partial charge in [0.05, 0.1) is 5.56 Å². The maximum Gasteiger partial charge on any atom is 0.414 e. The molecule has 0 spiro atoms. The largest absolute Gasteiger partial charge is 0.492 e. The molecule has 0 bridgehead atoms. The number of aliphatic carboxylic acids is 2. The molecule has 2 heterocycles. The molecular weight excluding hydrogens is 448 g/mol. The van der Waals surface area contributed by atoms with Crippen LogP contribution >= 0.6 is 0 Å². The third kappa shape index (κ3) is 8.03. The maximum absolute atomic E-state index is 10.9. The predicted octanol–water partition coefficient (Wildman–Crippen LogP) is 2.03. The van der Waals surface area contributed by atoms with E-state index in [1.165, 1.54) is 0 Å². The Balaban J connectivity index is 0.000000604. The van der Waals surface area contributed by atoms with Crippen molar-refractivity contribution in [3.8, 4) is 5.75 Å². The molecule has 12 heteroatoms. The Morgan fingerprint density at radius 2 is 1.71 bits per heavy atom. The molecule has 0 amide bonds. The summed E-state index contributed by atoms with van der Waals surface area (Å²) in [7, 11) is 2.11. The van der Waals surface area contributed by atoms with Crippen LogP contribution in [-0.2, 0) is 9.59 Å². The fraction of sp³-hybridized carbons (Fsp3) is 0.500. The number of ether oxygens (including phenoxy) is 1. The highest BCUT2D eigenvalue weighted by Gasteiger charge is 2.25. The van der Waals surface area contributed by atoms with Crippen molar-refractivity contribution in [1.29, 1.82) is 0 Å². The van der Waals surface area contributed by atoms with Gasteiger partial charge in [-0.05, 0) is 44.2 Å². The summed E-state index contributed by atoms with van der Waals surface area (Å²) in [6.07, 6.45) is 2.06. The number of piperidine rings is 1. The van der Waals surface area contributed by atoms with E-state index in [1.807, 2.05) is 0 Å². The van der Waals surface area contributed by atoms with Crippen molar-refractivity contribution < 1.29 is 39.0 Å². The number of benzene rings is 1. The van der Waals surface area contributed by atoms with Crippen LogP contribution in [0.4, 0.5) is 6.01 Å². The number of anilines is 1. The lowest BCUT2D eigenvalue weighted by Gasteiger charge is -2.35. The second-order valence-electron chi connectivity index (χ2n) is 8.08. The lowest BCUT2D eigenvalue weighted by molar-refractivity contribution is -0.159. The molecule has 2 aromatic rings. The van der Waals surface area contributed by atoms with E-state index in [1.54, 1.807) is 24.3 Å². The van der Waals surface area contributed by atoms with Gasteiger partial charge in [-0.15, -0.1) is 0 Å². The number of carboxylic acids is 3. The van der Waals surface area contributed by atoms with E-state index in [-0.39, 0.29) is 11.5 Å². The zero-order valence-corrected chi connectivity index (χ0v) is 19.4. The van der Waals surface area contributed by atoms with Gasteiger partial charge in [0.15, 0.2) is 5.82 Å². The lowest BCUT2D eigenvalue weighted by atomic mass is 10.0.